The number of nitrogen functional groups attached to an aromatic ring is 2. The smallest absolute Gasteiger partial charge is 0.319 e. The van der Waals surface area contributed by atoms with E-state index in [4.69, 9.17) is 37.5 Å². The van der Waals surface area contributed by atoms with Gasteiger partial charge in [0, 0.05) is 29.1 Å². The van der Waals surface area contributed by atoms with Gasteiger partial charge in [0.05, 0.1) is 45.8 Å². The largest absolute Gasteiger partial charge is 0.489 e. The Morgan fingerprint density at radius 1 is 1.18 bits per heavy atom. The zero-order valence-corrected chi connectivity index (χ0v) is 28.0. The average Bonchev–Trinajstić information content (AvgIpc) is 3.46. The molecule has 1 unspecified atom stereocenters. The van der Waals surface area contributed by atoms with Gasteiger partial charge in [-0.15, -0.1) is 11.3 Å². The summed E-state index contributed by atoms with van der Waals surface area (Å²) in [7, 11) is 1.58. The zero-order valence-electron chi connectivity index (χ0n) is 26.4. The van der Waals surface area contributed by atoms with E-state index in [2.05, 4.69) is 9.97 Å². The van der Waals surface area contributed by atoms with Crippen molar-refractivity contribution in [3.63, 3.8) is 0 Å². The minimum absolute atomic E-state index is 0.0235. The number of anilines is 3. The van der Waals surface area contributed by atoms with Crippen LogP contribution in [0.1, 0.15) is 37.4 Å². The predicted molar refractivity (Wildman–Crippen MR) is 180 cm³/mol. The van der Waals surface area contributed by atoms with Crippen LogP contribution in [0.4, 0.5) is 34.2 Å². The summed E-state index contributed by atoms with van der Waals surface area (Å²) in [6.07, 6.45) is 0.309. The van der Waals surface area contributed by atoms with Gasteiger partial charge >= 0.3 is 6.01 Å². The molecule has 1 fully saturated rings. The Balaban J connectivity index is 1.48. The number of nitriles is 1. The Morgan fingerprint density at radius 2 is 1.96 bits per heavy atom. The Hall–Kier alpha value is -4.65. The van der Waals surface area contributed by atoms with Crippen LogP contribution >= 0.6 is 22.9 Å². The number of halogens is 5. The van der Waals surface area contributed by atoms with Gasteiger partial charge in [-0.2, -0.15) is 15.2 Å². The number of alkyl halides is 2. The molecular weight excluding hydrogens is 684 g/mol. The van der Waals surface area contributed by atoms with Crippen LogP contribution in [0.5, 0.6) is 11.8 Å². The molecular formula is C33H29ClF4N8O2S. The number of thiophene rings is 1. The fraction of sp³-hybridized carbons (Fsp3) is 0.333. The first-order chi connectivity index (χ1) is 23.3. The Morgan fingerprint density at radius 3 is 2.65 bits per heavy atom. The zero-order chi connectivity index (χ0) is 34.9. The minimum Gasteiger partial charge on any atom is -0.489 e. The van der Waals surface area contributed by atoms with Crippen molar-refractivity contribution in [2.24, 2.45) is 0 Å². The number of aromatic nitrogens is 3. The van der Waals surface area contributed by atoms with Crippen LogP contribution in [0.3, 0.4) is 0 Å². The molecule has 3 atom stereocenters. The number of pyridine rings is 1. The van der Waals surface area contributed by atoms with Gasteiger partial charge in [0.2, 0.25) is 0 Å². The standard InChI is InChI=1S/C33H29ClF4N8O2S/c1-14(16-5-4-8-42-29(16)40)46-9-10-47-27-23-26(43-32(44-31(23)46)48-15(2)20-11-33(37,38)13-45(20)3)25(36)22(24(27)34)17-6-7-19(35)28-21(17)18(12-39)30(41)49-28/h4-8,14-15,20H,9-11,13,41H2,1-3H3,(H2,40,42)/t14-,15?,20+/m1/s1. The van der Waals surface area contributed by atoms with Crippen molar-refractivity contribution in [1.29, 1.82) is 5.26 Å². The van der Waals surface area contributed by atoms with Crippen molar-refractivity contribution in [2.75, 3.05) is 43.1 Å². The highest BCUT2D eigenvalue weighted by Gasteiger charge is 2.46. The maximum absolute atomic E-state index is 17.2. The van der Waals surface area contributed by atoms with E-state index in [-0.39, 0.29) is 84.3 Å². The van der Waals surface area contributed by atoms with Crippen molar-refractivity contribution in [3.8, 4) is 29.0 Å². The number of hydrogen-bond acceptors (Lipinski definition) is 11. The van der Waals surface area contributed by atoms with Gasteiger partial charge in [-0.3, -0.25) is 4.90 Å². The van der Waals surface area contributed by atoms with E-state index in [1.165, 1.54) is 11.0 Å². The molecule has 3 aromatic heterocycles. The number of nitrogens with zero attached hydrogens (tertiary/aromatic N) is 6. The van der Waals surface area contributed by atoms with E-state index in [1.54, 1.807) is 26.2 Å². The molecule has 2 aromatic carbocycles. The van der Waals surface area contributed by atoms with Crippen molar-refractivity contribution in [3.05, 3.63) is 58.2 Å². The highest BCUT2D eigenvalue weighted by molar-refractivity contribution is 7.23. The molecule has 2 aliphatic rings. The van der Waals surface area contributed by atoms with E-state index in [9.17, 15) is 18.4 Å². The number of likely N-dealkylation sites (N-methyl/N-ethyl adjacent to an activating group) is 1. The molecule has 4 N–H and O–H groups in total. The molecule has 16 heteroatoms. The topological polar surface area (TPSA) is 139 Å². The SMILES string of the molecule is CC(Oc1nc2c3c(c(Cl)c(-c4ccc(F)c5sc(N)c(C#N)c45)c(F)c3n1)OCCN2[C@H](C)c1cccnc1N)[C@@H]1CC(F)(F)CN1C. The number of nitrogens with two attached hydrogens (primary N) is 2. The first kappa shape index (κ1) is 32.9. The molecule has 49 heavy (non-hydrogen) atoms. The molecule has 2 aliphatic heterocycles. The quantitative estimate of drug-likeness (QED) is 0.178. The summed E-state index contributed by atoms with van der Waals surface area (Å²) in [5, 5.41) is 10.1. The van der Waals surface area contributed by atoms with Gasteiger partial charge in [-0.1, -0.05) is 23.7 Å². The van der Waals surface area contributed by atoms with Crippen LogP contribution in [-0.2, 0) is 0 Å². The summed E-state index contributed by atoms with van der Waals surface area (Å²) in [5.41, 5.74) is 12.6. The molecule has 0 bridgehead atoms. The molecule has 0 aliphatic carbocycles. The normalized spacial score (nSPS) is 18.7. The number of fused-ring (bicyclic) bond motifs is 1. The fourth-order valence-electron chi connectivity index (χ4n) is 6.83. The Labute approximate surface area is 286 Å². The second-order valence-corrected chi connectivity index (χ2v) is 13.6. The van der Waals surface area contributed by atoms with Crippen molar-refractivity contribution >= 4 is 60.6 Å². The van der Waals surface area contributed by atoms with Gasteiger partial charge in [-0.25, -0.2) is 22.5 Å². The van der Waals surface area contributed by atoms with Gasteiger partial charge < -0.3 is 25.8 Å². The van der Waals surface area contributed by atoms with Gasteiger partial charge in [-0.05, 0) is 38.6 Å². The summed E-state index contributed by atoms with van der Waals surface area (Å²) >= 11 is 7.85. The van der Waals surface area contributed by atoms with Crippen LogP contribution in [0.15, 0.2) is 30.5 Å². The third-order valence-electron chi connectivity index (χ3n) is 9.17. The highest BCUT2D eigenvalue weighted by atomic mass is 35.5. The van der Waals surface area contributed by atoms with Crippen molar-refractivity contribution in [2.45, 2.75) is 44.4 Å². The summed E-state index contributed by atoms with van der Waals surface area (Å²) < 4.78 is 73.2. The molecule has 1 saturated heterocycles. The fourth-order valence-corrected chi connectivity index (χ4v) is 8.12. The highest BCUT2D eigenvalue weighted by Crippen LogP contribution is 2.51. The summed E-state index contributed by atoms with van der Waals surface area (Å²) in [4.78, 5) is 16.7. The first-order valence-corrected chi connectivity index (χ1v) is 16.5. The van der Waals surface area contributed by atoms with E-state index in [0.29, 0.717) is 5.56 Å². The third-order valence-corrected chi connectivity index (χ3v) is 10.6. The van der Waals surface area contributed by atoms with Crippen LogP contribution in [0.25, 0.3) is 32.1 Å². The summed E-state index contributed by atoms with van der Waals surface area (Å²) in [6.45, 7) is 3.37. The molecule has 10 nitrogen and oxygen atoms in total. The summed E-state index contributed by atoms with van der Waals surface area (Å²) in [5.74, 6) is -3.92. The maximum atomic E-state index is 17.2. The molecule has 5 heterocycles. The number of hydrogen-bond donors (Lipinski definition) is 2. The van der Waals surface area contributed by atoms with E-state index >= 15 is 4.39 Å². The second kappa shape index (κ2) is 12.0. The third kappa shape index (κ3) is 5.38. The van der Waals surface area contributed by atoms with Gasteiger partial charge in [0.25, 0.3) is 5.92 Å². The summed E-state index contributed by atoms with van der Waals surface area (Å²) in [6, 6.07) is 6.60. The van der Waals surface area contributed by atoms with Crippen molar-refractivity contribution in [1.82, 2.24) is 19.9 Å². The number of likely N-dealkylation sites (tertiary alicyclic amines) is 1. The molecule has 0 saturated carbocycles. The lowest BCUT2D eigenvalue weighted by Crippen LogP contribution is -2.38. The number of rotatable bonds is 6. The van der Waals surface area contributed by atoms with E-state index in [1.807, 2.05) is 24.0 Å². The van der Waals surface area contributed by atoms with Crippen molar-refractivity contribution < 1.29 is 27.0 Å². The molecule has 254 valence electrons. The second-order valence-electron chi connectivity index (χ2n) is 12.2. The van der Waals surface area contributed by atoms with Crippen LogP contribution in [0, 0.1) is 23.0 Å². The van der Waals surface area contributed by atoms with Crippen LogP contribution < -0.4 is 25.8 Å². The Kier molecular flexibility index (Phi) is 8.08. The molecule has 0 amide bonds. The molecule has 5 aromatic rings. The van der Waals surface area contributed by atoms with Gasteiger partial charge in [0.1, 0.15) is 46.8 Å². The molecule has 7 rings (SSSR count). The van der Waals surface area contributed by atoms with Crippen LogP contribution in [-0.4, -0.2) is 64.7 Å². The lowest BCUT2D eigenvalue weighted by atomic mass is 9.96. The monoisotopic (exact) mass is 712 g/mol. The van der Waals surface area contributed by atoms with Gasteiger partial charge in [0.15, 0.2) is 11.6 Å². The predicted octanol–water partition coefficient (Wildman–Crippen LogP) is 6.94. The van der Waals surface area contributed by atoms with E-state index < -0.39 is 48.7 Å². The minimum atomic E-state index is -2.90. The molecule has 0 spiro atoms. The molecule has 0 radical (unpaired) electrons. The van der Waals surface area contributed by atoms with Crippen LogP contribution in [0.2, 0.25) is 5.02 Å². The first-order valence-electron chi connectivity index (χ1n) is 15.3. The lowest BCUT2D eigenvalue weighted by molar-refractivity contribution is 0.0127. The maximum Gasteiger partial charge on any atom is 0.319 e. The van der Waals surface area contributed by atoms with E-state index in [0.717, 1.165) is 17.4 Å². The average molecular weight is 713 g/mol. The lowest BCUT2D eigenvalue weighted by Gasteiger charge is -2.31. The number of ether oxygens (including phenoxy) is 2. The Bertz CT molecular complexity index is 2190. The number of benzene rings is 2.